The number of piperidine rings is 1. The lowest BCUT2D eigenvalue weighted by Gasteiger charge is -2.34. The zero-order valence-electron chi connectivity index (χ0n) is 18.1. The molecular weight excluding hydrogens is 436 g/mol. The Morgan fingerprint density at radius 3 is 2.03 bits per heavy atom. The SMILES string of the molecule is O=C1c2cccc3cccc(c23)C(=O)N1CC1CCN(S(=O)(=O)/C=C/c2ccccc2)CC1. The minimum atomic E-state index is -3.52. The molecule has 0 bridgehead atoms. The van der Waals surface area contributed by atoms with Gasteiger partial charge < -0.3 is 0 Å². The Balaban J connectivity index is 1.27. The zero-order chi connectivity index (χ0) is 23.0. The Labute approximate surface area is 193 Å². The van der Waals surface area contributed by atoms with E-state index in [0.29, 0.717) is 43.6 Å². The molecule has 7 heteroatoms. The van der Waals surface area contributed by atoms with Crippen molar-refractivity contribution in [1.29, 1.82) is 0 Å². The van der Waals surface area contributed by atoms with Gasteiger partial charge in [-0.2, -0.15) is 4.31 Å². The summed E-state index contributed by atoms with van der Waals surface area (Å²) in [6, 6.07) is 20.3. The third-order valence-corrected chi connectivity index (χ3v) is 8.03. The van der Waals surface area contributed by atoms with E-state index in [1.807, 2.05) is 54.6 Å². The number of hydrogen-bond donors (Lipinski definition) is 0. The number of nitrogens with zero attached hydrogens (tertiary/aromatic N) is 2. The first-order valence-corrected chi connectivity index (χ1v) is 12.6. The molecule has 168 valence electrons. The highest BCUT2D eigenvalue weighted by atomic mass is 32.2. The van der Waals surface area contributed by atoms with Crippen molar-refractivity contribution in [3.8, 4) is 0 Å². The Hall–Kier alpha value is -3.29. The van der Waals surface area contributed by atoms with Crippen LogP contribution in [0.1, 0.15) is 39.1 Å². The summed E-state index contributed by atoms with van der Waals surface area (Å²) in [5.74, 6) is -0.484. The van der Waals surface area contributed by atoms with Gasteiger partial charge in [0, 0.05) is 41.6 Å². The van der Waals surface area contributed by atoms with Gasteiger partial charge in [-0.05, 0) is 47.9 Å². The molecule has 33 heavy (non-hydrogen) atoms. The average molecular weight is 461 g/mol. The van der Waals surface area contributed by atoms with Crippen molar-refractivity contribution >= 4 is 38.7 Å². The minimum absolute atomic E-state index is 0.0620. The maximum atomic E-state index is 13.1. The smallest absolute Gasteiger partial charge is 0.261 e. The first-order chi connectivity index (χ1) is 15.9. The fourth-order valence-electron chi connectivity index (χ4n) is 4.67. The van der Waals surface area contributed by atoms with Gasteiger partial charge in [0.25, 0.3) is 11.8 Å². The van der Waals surface area contributed by atoms with Crippen LogP contribution in [0.2, 0.25) is 0 Å². The van der Waals surface area contributed by atoms with Crippen LogP contribution in [-0.2, 0) is 10.0 Å². The van der Waals surface area contributed by atoms with Gasteiger partial charge >= 0.3 is 0 Å². The Kier molecular flexibility index (Phi) is 5.60. The predicted molar refractivity (Wildman–Crippen MR) is 128 cm³/mol. The summed E-state index contributed by atoms with van der Waals surface area (Å²) in [4.78, 5) is 27.6. The van der Waals surface area contributed by atoms with Gasteiger partial charge in [-0.25, -0.2) is 8.42 Å². The van der Waals surface area contributed by atoms with E-state index in [0.717, 1.165) is 16.3 Å². The second-order valence-corrected chi connectivity index (χ2v) is 10.3. The number of hydrogen-bond acceptors (Lipinski definition) is 4. The molecule has 5 rings (SSSR count). The monoisotopic (exact) mass is 460 g/mol. The molecule has 0 N–H and O–H groups in total. The van der Waals surface area contributed by atoms with E-state index >= 15 is 0 Å². The highest BCUT2D eigenvalue weighted by Crippen LogP contribution is 2.31. The molecule has 0 aromatic heterocycles. The zero-order valence-corrected chi connectivity index (χ0v) is 18.9. The van der Waals surface area contributed by atoms with Crippen LogP contribution in [-0.4, -0.2) is 49.1 Å². The van der Waals surface area contributed by atoms with Crippen LogP contribution in [0.25, 0.3) is 16.8 Å². The Morgan fingerprint density at radius 1 is 0.818 bits per heavy atom. The van der Waals surface area contributed by atoms with Gasteiger partial charge in [0.2, 0.25) is 10.0 Å². The number of carbonyl (C=O) groups is 2. The van der Waals surface area contributed by atoms with Gasteiger partial charge in [-0.15, -0.1) is 0 Å². The number of benzene rings is 3. The fraction of sp³-hybridized carbons (Fsp3) is 0.231. The van der Waals surface area contributed by atoms with Gasteiger partial charge in [0.15, 0.2) is 0 Å². The van der Waals surface area contributed by atoms with E-state index in [2.05, 4.69) is 0 Å². The molecule has 0 radical (unpaired) electrons. The van der Waals surface area contributed by atoms with Crippen LogP contribution in [0.15, 0.2) is 72.1 Å². The standard InChI is InChI=1S/C26H24N2O4S/c29-25-22-10-4-8-21-9-5-11-23(24(21)22)26(30)28(25)18-20-12-15-27(16-13-20)33(31,32)17-14-19-6-2-1-3-7-19/h1-11,14,17,20H,12-13,15-16,18H2/b17-14+. The summed E-state index contributed by atoms with van der Waals surface area (Å²) in [7, 11) is -3.52. The van der Waals surface area contributed by atoms with Crippen LogP contribution >= 0.6 is 0 Å². The quantitative estimate of drug-likeness (QED) is 0.536. The molecule has 3 aromatic rings. The summed E-state index contributed by atoms with van der Waals surface area (Å²) in [6.07, 6.45) is 2.80. The molecule has 6 nitrogen and oxygen atoms in total. The van der Waals surface area contributed by atoms with Gasteiger partial charge in [-0.3, -0.25) is 14.5 Å². The lowest BCUT2D eigenvalue weighted by molar-refractivity contribution is 0.0567. The van der Waals surface area contributed by atoms with Crippen LogP contribution < -0.4 is 0 Å². The number of carbonyl (C=O) groups excluding carboxylic acids is 2. The minimum Gasteiger partial charge on any atom is -0.274 e. The summed E-state index contributed by atoms with van der Waals surface area (Å²) < 4.78 is 26.9. The van der Waals surface area contributed by atoms with E-state index in [1.165, 1.54) is 14.6 Å². The van der Waals surface area contributed by atoms with Crippen LogP contribution in [0.3, 0.4) is 0 Å². The molecule has 0 aliphatic carbocycles. The molecule has 1 saturated heterocycles. The molecule has 3 aromatic carbocycles. The molecule has 1 fully saturated rings. The highest BCUT2D eigenvalue weighted by molar-refractivity contribution is 7.92. The van der Waals surface area contributed by atoms with Crippen molar-refractivity contribution in [2.75, 3.05) is 19.6 Å². The fourth-order valence-corrected chi connectivity index (χ4v) is 5.89. The molecule has 0 atom stereocenters. The van der Waals surface area contributed by atoms with Crippen molar-refractivity contribution in [2.45, 2.75) is 12.8 Å². The van der Waals surface area contributed by atoms with Crippen LogP contribution in [0, 0.1) is 5.92 Å². The number of rotatable bonds is 5. The third kappa shape index (κ3) is 4.10. The van der Waals surface area contributed by atoms with Crippen molar-refractivity contribution in [3.63, 3.8) is 0 Å². The average Bonchev–Trinajstić information content (AvgIpc) is 2.85. The normalized spacial score (nSPS) is 17.9. The second-order valence-electron chi connectivity index (χ2n) is 8.53. The maximum Gasteiger partial charge on any atom is 0.261 e. The molecule has 2 aliphatic heterocycles. The van der Waals surface area contributed by atoms with E-state index < -0.39 is 10.0 Å². The predicted octanol–water partition coefficient (Wildman–Crippen LogP) is 4.15. The molecule has 0 spiro atoms. The lowest BCUT2D eigenvalue weighted by atomic mass is 9.92. The Bertz CT molecular complexity index is 1310. The topological polar surface area (TPSA) is 74.8 Å². The number of sulfonamides is 1. The van der Waals surface area contributed by atoms with Crippen molar-refractivity contribution < 1.29 is 18.0 Å². The highest BCUT2D eigenvalue weighted by Gasteiger charge is 2.35. The van der Waals surface area contributed by atoms with Gasteiger partial charge in [-0.1, -0.05) is 54.6 Å². The first kappa shape index (κ1) is 21.6. The van der Waals surface area contributed by atoms with Crippen molar-refractivity contribution in [3.05, 3.63) is 88.8 Å². The molecule has 0 unspecified atom stereocenters. The van der Waals surface area contributed by atoms with Crippen LogP contribution in [0.4, 0.5) is 0 Å². The van der Waals surface area contributed by atoms with Gasteiger partial charge in [0.05, 0.1) is 0 Å². The first-order valence-electron chi connectivity index (χ1n) is 11.1. The van der Waals surface area contributed by atoms with Gasteiger partial charge in [0.1, 0.15) is 0 Å². The van der Waals surface area contributed by atoms with E-state index in [-0.39, 0.29) is 17.7 Å². The molecular formula is C26H24N2O4S. The largest absolute Gasteiger partial charge is 0.274 e. The van der Waals surface area contributed by atoms with Crippen LogP contribution in [0.5, 0.6) is 0 Å². The summed E-state index contributed by atoms with van der Waals surface area (Å²) in [5.41, 5.74) is 1.93. The summed E-state index contributed by atoms with van der Waals surface area (Å²) >= 11 is 0. The third-order valence-electron chi connectivity index (χ3n) is 6.46. The van der Waals surface area contributed by atoms with Crippen molar-refractivity contribution in [2.24, 2.45) is 5.92 Å². The van der Waals surface area contributed by atoms with E-state index in [4.69, 9.17) is 0 Å². The second kappa shape index (κ2) is 8.57. The summed E-state index contributed by atoms with van der Waals surface area (Å²) in [5, 5.41) is 2.85. The molecule has 0 saturated carbocycles. The van der Waals surface area contributed by atoms with E-state index in [1.54, 1.807) is 18.2 Å². The molecule has 2 heterocycles. The molecule has 2 amide bonds. The lowest BCUT2D eigenvalue weighted by Crippen LogP contribution is -2.46. The summed E-state index contributed by atoms with van der Waals surface area (Å²) in [6.45, 7) is 1.04. The number of imide groups is 1. The van der Waals surface area contributed by atoms with Crippen molar-refractivity contribution in [1.82, 2.24) is 9.21 Å². The maximum absolute atomic E-state index is 13.1. The number of amides is 2. The van der Waals surface area contributed by atoms with E-state index in [9.17, 15) is 18.0 Å². The molecule has 2 aliphatic rings. The Morgan fingerprint density at radius 2 is 1.42 bits per heavy atom.